The van der Waals surface area contributed by atoms with Crippen molar-refractivity contribution >= 4 is 16.9 Å². The predicted octanol–water partition coefficient (Wildman–Crippen LogP) is 4.70. The highest BCUT2D eigenvalue weighted by Gasteiger charge is 2.21. The summed E-state index contributed by atoms with van der Waals surface area (Å²) in [6.07, 6.45) is 0.0667. The van der Waals surface area contributed by atoms with Gasteiger partial charge in [0.15, 0.2) is 0 Å². The quantitative estimate of drug-likeness (QED) is 0.806. The first-order chi connectivity index (χ1) is 11.0. The van der Waals surface area contributed by atoms with Crippen molar-refractivity contribution in [3.05, 3.63) is 23.9 Å². The molecule has 1 heterocycles. The summed E-state index contributed by atoms with van der Waals surface area (Å²) in [7, 11) is 0. The molecule has 2 rings (SSSR count). The third-order valence-electron chi connectivity index (χ3n) is 3.03. The predicted molar refractivity (Wildman–Crippen MR) is 95.0 cm³/mol. The lowest BCUT2D eigenvalue weighted by atomic mass is 10.2. The van der Waals surface area contributed by atoms with E-state index in [-0.39, 0.29) is 18.2 Å². The van der Waals surface area contributed by atoms with Crippen LogP contribution in [0, 0.1) is 0 Å². The second-order valence-corrected chi connectivity index (χ2v) is 7.40. The molecule has 0 fully saturated rings. The zero-order valence-electron chi connectivity index (χ0n) is 15.5. The summed E-state index contributed by atoms with van der Waals surface area (Å²) >= 11 is 0. The molecule has 0 aliphatic heterocycles. The first-order valence-corrected chi connectivity index (χ1v) is 8.28. The smallest absolute Gasteiger partial charge is 0.355 e. The molecule has 0 spiro atoms. The Kier molecular flexibility index (Phi) is 5.11. The average molecular weight is 333 g/mol. The third kappa shape index (κ3) is 4.66. The highest BCUT2D eigenvalue weighted by Crippen LogP contribution is 2.33. The number of carbonyl (C=O) groups excluding carboxylic acids is 1. The summed E-state index contributed by atoms with van der Waals surface area (Å²) in [4.78, 5) is 15.4. The Morgan fingerprint density at radius 3 is 2.17 bits per heavy atom. The average Bonchev–Trinajstić information content (AvgIpc) is 2.79. The number of H-pyrrole nitrogens is 1. The highest BCUT2D eigenvalue weighted by molar-refractivity contribution is 5.97. The van der Waals surface area contributed by atoms with E-state index in [1.807, 2.05) is 60.6 Å². The second kappa shape index (κ2) is 6.75. The maximum absolute atomic E-state index is 12.3. The number of hydrogen-bond donors (Lipinski definition) is 1. The number of aromatic nitrogens is 1. The number of rotatable bonds is 5. The van der Waals surface area contributed by atoms with E-state index >= 15 is 0 Å². The van der Waals surface area contributed by atoms with Gasteiger partial charge >= 0.3 is 5.97 Å². The van der Waals surface area contributed by atoms with Crippen LogP contribution in [0.1, 0.15) is 59.0 Å². The molecule has 0 saturated heterocycles. The first kappa shape index (κ1) is 18.2. The summed E-state index contributed by atoms with van der Waals surface area (Å²) in [5.41, 5.74) is 0.636. The van der Waals surface area contributed by atoms with Crippen molar-refractivity contribution in [2.45, 2.75) is 66.3 Å². The van der Waals surface area contributed by atoms with Crippen molar-refractivity contribution in [3.63, 3.8) is 0 Å². The lowest BCUT2D eigenvalue weighted by Crippen LogP contribution is -2.24. The van der Waals surface area contributed by atoms with Crippen molar-refractivity contribution in [1.82, 2.24) is 4.98 Å². The van der Waals surface area contributed by atoms with Crippen LogP contribution in [0.5, 0.6) is 11.5 Å². The van der Waals surface area contributed by atoms with Gasteiger partial charge < -0.3 is 19.2 Å². The van der Waals surface area contributed by atoms with Crippen LogP contribution in [0.3, 0.4) is 0 Å². The molecule has 2 aromatic rings. The molecule has 0 amide bonds. The number of ether oxygens (including phenoxy) is 3. The van der Waals surface area contributed by atoms with Crippen LogP contribution < -0.4 is 9.47 Å². The van der Waals surface area contributed by atoms with Gasteiger partial charge in [-0.3, -0.25) is 0 Å². The van der Waals surface area contributed by atoms with E-state index in [1.165, 1.54) is 0 Å². The summed E-state index contributed by atoms with van der Waals surface area (Å²) in [5, 5.41) is 0.834. The minimum absolute atomic E-state index is 0.0161. The number of esters is 1. The maximum Gasteiger partial charge on any atom is 0.355 e. The van der Waals surface area contributed by atoms with E-state index in [0.717, 1.165) is 10.9 Å². The van der Waals surface area contributed by atoms with Gasteiger partial charge in [0.2, 0.25) is 0 Å². The van der Waals surface area contributed by atoms with Crippen molar-refractivity contribution < 1.29 is 19.0 Å². The first-order valence-electron chi connectivity index (χ1n) is 8.28. The van der Waals surface area contributed by atoms with Gasteiger partial charge in [0.25, 0.3) is 0 Å². The Morgan fingerprint density at radius 1 is 1.00 bits per heavy atom. The molecular weight excluding hydrogens is 306 g/mol. The second-order valence-electron chi connectivity index (χ2n) is 7.40. The molecule has 5 heteroatoms. The molecule has 0 saturated carbocycles. The third-order valence-corrected chi connectivity index (χ3v) is 3.03. The van der Waals surface area contributed by atoms with Crippen LogP contribution in [0.25, 0.3) is 10.9 Å². The standard InChI is InChI=1S/C19H27NO4/c1-11(2)22-13-8-15-14(17(9-13)23-12(3)4)10-16(20-15)18(21)24-19(5,6)7/h8-12,20H,1-7H3. The molecular formula is C19H27NO4. The van der Waals surface area contributed by atoms with Crippen LogP contribution in [-0.2, 0) is 4.74 Å². The Bertz CT molecular complexity index is 723. The fourth-order valence-corrected chi connectivity index (χ4v) is 2.31. The SMILES string of the molecule is CC(C)Oc1cc(OC(C)C)c2cc(C(=O)OC(C)(C)C)[nH]c2c1. The van der Waals surface area contributed by atoms with Gasteiger partial charge in [-0.2, -0.15) is 0 Å². The summed E-state index contributed by atoms with van der Waals surface area (Å²) in [6.45, 7) is 13.4. The van der Waals surface area contributed by atoms with E-state index in [0.29, 0.717) is 17.2 Å². The Hall–Kier alpha value is -2.17. The molecule has 24 heavy (non-hydrogen) atoms. The van der Waals surface area contributed by atoms with Gasteiger partial charge in [0.1, 0.15) is 22.8 Å². The fourth-order valence-electron chi connectivity index (χ4n) is 2.31. The number of hydrogen-bond acceptors (Lipinski definition) is 4. The lowest BCUT2D eigenvalue weighted by Gasteiger charge is -2.18. The molecule has 5 nitrogen and oxygen atoms in total. The largest absolute Gasteiger partial charge is 0.491 e. The number of benzene rings is 1. The van der Waals surface area contributed by atoms with E-state index < -0.39 is 5.60 Å². The number of carbonyl (C=O) groups is 1. The zero-order valence-corrected chi connectivity index (χ0v) is 15.5. The lowest BCUT2D eigenvalue weighted by molar-refractivity contribution is 0.00638. The fraction of sp³-hybridized carbons (Fsp3) is 0.526. The van der Waals surface area contributed by atoms with Crippen LogP contribution in [0.15, 0.2) is 18.2 Å². The summed E-state index contributed by atoms with van der Waals surface area (Å²) < 4.78 is 17.1. The molecule has 0 aliphatic rings. The Morgan fingerprint density at radius 2 is 1.62 bits per heavy atom. The summed E-state index contributed by atoms with van der Waals surface area (Å²) in [5.74, 6) is 0.996. The van der Waals surface area contributed by atoms with Crippen LogP contribution in [-0.4, -0.2) is 28.8 Å². The molecule has 0 unspecified atom stereocenters. The Labute approximate surface area is 143 Å². The topological polar surface area (TPSA) is 60.6 Å². The van der Waals surface area contributed by atoms with Crippen molar-refractivity contribution in [2.24, 2.45) is 0 Å². The Balaban J connectivity index is 2.46. The number of aromatic amines is 1. The van der Waals surface area contributed by atoms with Gasteiger partial charge in [-0.25, -0.2) is 4.79 Å². The van der Waals surface area contributed by atoms with E-state index in [9.17, 15) is 4.79 Å². The van der Waals surface area contributed by atoms with E-state index in [2.05, 4.69) is 4.98 Å². The molecule has 0 aliphatic carbocycles. The molecule has 1 N–H and O–H groups in total. The van der Waals surface area contributed by atoms with Crippen LogP contribution in [0.2, 0.25) is 0 Å². The van der Waals surface area contributed by atoms with Crippen molar-refractivity contribution in [2.75, 3.05) is 0 Å². The van der Waals surface area contributed by atoms with Gasteiger partial charge in [-0.05, 0) is 54.5 Å². The van der Waals surface area contributed by atoms with Crippen molar-refractivity contribution in [3.8, 4) is 11.5 Å². The van der Waals surface area contributed by atoms with Gasteiger partial charge in [-0.1, -0.05) is 0 Å². The minimum atomic E-state index is -0.544. The summed E-state index contributed by atoms with van der Waals surface area (Å²) in [6, 6.07) is 5.49. The van der Waals surface area contributed by atoms with Crippen molar-refractivity contribution in [1.29, 1.82) is 0 Å². The number of fused-ring (bicyclic) bond motifs is 1. The van der Waals surface area contributed by atoms with E-state index in [1.54, 1.807) is 6.07 Å². The molecule has 0 radical (unpaired) electrons. The van der Waals surface area contributed by atoms with Crippen LogP contribution in [0.4, 0.5) is 0 Å². The van der Waals surface area contributed by atoms with Gasteiger partial charge in [0, 0.05) is 17.5 Å². The number of nitrogens with one attached hydrogen (secondary N) is 1. The van der Waals surface area contributed by atoms with Gasteiger partial charge in [-0.15, -0.1) is 0 Å². The maximum atomic E-state index is 12.3. The normalized spacial score (nSPS) is 12.0. The molecule has 0 bridgehead atoms. The van der Waals surface area contributed by atoms with Crippen LogP contribution >= 0.6 is 0 Å². The molecule has 1 aromatic carbocycles. The molecule has 0 atom stereocenters. The highest BCUT2D eigenvalue weighted by atomic mass is 16.6. The van der Waals surface area contributed by atoms with Gasteiger partial charge in [0.05, 0.1) is 17.7 Å². The zero-order chi connectivity index (χ0) is 18.1. The monoisotopic (exact) mass is 333 g/mol. The van der Waals surface area contributed by atoms with E-state index in [4.69, 9.17) is 14.2 Å². The molecule has 1 aromatic heterocycles. The molecule has 132 valence electrons. The minimum Gasteiger partial charge on any atom is -0.491 e.